The van der Waals surface area contributed by atoms with Crippen LogP contribution in [0.3, 0.4) is 0 Å². The van der Waals surface area contributed by atoms with Crippen LogP contribution in [-0.2, 0) is 16.0 Å². The molecule has 1 unspecified atom stereocenters. The molecule has 1 N–H and O–H groups in total. The third-order valence-corrected chi connectivity index (χ3v) is 2.93. The van der Waals surface area contributed by atoms with E-state index in [1.165, 1.54) is 5.56 Å². The number of esters is 1. The molecule has 0 saturated heterocycles. The van der Waals surface area contributed by atoms with Gasteiger partial charge in [0.2, 0.25) is 0 Å². The summed E-state index contributed by atoms with van der Waals surface area (Å²) in [6.07, 6.45) is 3.41. The Balaban J connectivity index is 2.07. The summed E-state index contributed by atoms with van der Waals surface area (Å²) in [5, 5.41) is 3.32. The molecule has 106 valence electrons. The summed E-state index contributed by atoms with van der Waals surface area (Å²) in [5.74, 6) is -0.0841. The normalized spacial score (nSPS) is 12.1. The van der Waals surface area contributed by atoms with Crippen LogP contribution in [0.25, 0.3) is 0 Å². The van der Waals surface area contributed by atoms with Crippen molar-refractivity contribution in [2.24, 2.45) is 0 Å². The molecule has 0 saturated carbocycles. The lowest BCUT2D eigenvalue weighted by molar-refractivity contribution is -0.148. The molecule has 0 aliphatic heterocycles. The SMILES string of the molecule is CCCCC(=O)OC(C)CNCCc1ccccc1. The molecule has 1 atom stereocenters. The van der Waals surface area contributed by atoms with Gasteiger partial charge in [-0.2, -0.15) is 0 Å². The summed E-state index contributed by atoms with van der Waals surface area (Å²) in [6, 6.07) is 10.4. The summed E-state index contributed by atoms with van der Waals surface area (Å²) in [6.45, 7) is 5.62. The van der Waals surface area contributed by atoms with Gasteiger partial charge in [-0.05, 0) is 31.9 Å². The molecule has 0 aromatic heterocycles. The van der Waals surface area contributed by atoms with Gasteiger partial charge in [-0.15, -0.1) is 0 Å². The summed E-state index contributed by atoms with van der Waals surface area (Å²) in [7, 11) is 0. The van der Waals surface area contributed by atoms with E-state index < -0.39 is 0 Å². The molecule has 1 rings (SSSR count). The van der Waals surface area contributed by atoms with Crippen molar-refractivity contribution in [3.8, 4) is 0 Å². The van der Waals surface area contributed by atoms with Gasteiger partial charge < -0.3 is 10.1 Å². The van der Waals surface area contributed by atoms with E-state index in [2.05, 4.69) is 24.4 Å². The van der Waals surface area contributed by atoms with E-state index >= 15 is 0 Å². The molecule has 19 heavy (non-hydrogen) atoms. The molecule has 1 aromatic rings. The molecule has 0 bridgehead atoms. The number of unbranched alkanes of at least 4 members (excludes halogenated alkanes) is 1. The topological polar surface area (TPSA) is 38.3 Å². The van der Waals surface area contributed by atoms with Crippen molar-refractivity contribution >= 4 is 5.97 Å². The fourth-order valence-corrected chi connectivity index (χ4v) is 1.83. The molecule has 3 nitrogen and oxygen atoms in total. The monoisotopic (exact) mass is 263 g/mol. The van der Waals surface area contributed by atoms with Crippen LogP contribution in [0.4, 0.5) is 0 Å². The number of nitrogens with one attached hydrogen (secondary N) is 1. The first kappa shape index (κ1) is 15.7. The third kappa shape index (κ3) is 7.62. The van der Waals surface area contributed by atoms with Crippen LogP contribution in [-0.4, -0.2) is 25.2 Å². The van der Waals surface area contributed by atoms with Crippen molar-refractivity contribution in [1.82, 2.24) is 5.32 Å². The minimum Gasteiger partial charge on any atom is -0.461 e. The van der Waals surface area contributed by atoms with E-state index in [9.17, 15) is 4.79 Å². The minimum absolute atomic E-state index is 0.0554. The third-order valence-electron chi connectivity index (χ3n) is 2.93. The zero-order valence-corrected chi connectivity index (χ0v) is 12.0. The molecule has 0 heterocycles. The van der Waals surface area contributed by atoms with E-state index in [0.717, 1.165) is 25.8 Å². The standard InChI is InChI=1S/C16H25NO2/c1-3-4-10-16(18)19-14(2)13-17-12-11-15-8-6-5-7-9-15/h5-9,14,17H,3-4,10-13H2,1-2H3. The molecule has 0 spiro atoms. The molecule has 0 radical (unpaired) electrons. The Morgan fingerprint density at radius 3 is 2.74 bits per heavy atom. The lowest BCUT2D eigenvalue weighted by Gasteiger charge is -2.14. The van der Waals surface area contributed by atoms with Gasteiger partial charge in [-0.1, -0.05) is 43.7 Å². The quantitative estimate of drug-likeness (QED) is 0.550. The highest BCUT2D eigenvalue weighted by Crippen LogP contribution is 2.00. The predicted octanol–water partition coefficient (Wildman–Crippen LogP) is 2.94. The predicted molar refractivity (Wildman–Crippen MR) is 78.1 cm³/mol. The van der Waals surface area contributed by atoms with Crippen LogP contribution in [0, 0.1) is 0 Å². The summed E-state index contributed by atoms with van der Waals surface area (Å²) >= 11 is 0. The summed E-state index contributed by atoms with van der Waals surface area (Å²) < 4.78 is 5.30. The number of benzene rings is 1. The average molecular weight is 263 g/mol. The van der Waals surface area contributed by atoms with Crippen LogP contribution in [0.5, 0.6) is 0 Å². The van der Waals surface area contributed by atoms with Gasteiger partial charge >= 0.3 is 5.97 Å². The Morgan fingerprint density at radius 1 is 1.32 bits per heavy atom. The van der Waals surface area contributed by atoms with Crippen molar-refractivity contribution in [2.75, 3.05) is 13.1 Å². The van der Waals surface area contributed by atoms with Crippen LogP contribution in [0.15, 0.2) is 30.3 Å². The van der Waals surface area contributed by atoms with Gasteiger partial charge in [0, 0.05) is 13.0 Å². The van der Waals surface area contributed by atoms with Crippen LogP contribution < -0.4 is 5.32 Å². The number of hydrogen-bond acceptors (Lipinski definition) is 3. The van der Waals surface area contributed by atoms with Crippen LogP contribution in [0.2, 0.25) is 0 Å². The second-order valence-corrected chi connectivity index (χ2v) is 4.84. The molecule has 0 aliphatic rings. The van der Waals surface area contributed by atoms with Gasteiger partial charge in [-0.3, -0.25) is 4.79 Å². The lowest BCUT2D eigenvalue weighted by Crippen LogP contribution is -2.30. The molecule has 0 aliphatic carbocycles. The molecule has 3 heteroatoms. The number of hydrogen-bond donors (Lipinski definition) is 1. The van der Waals surface area contributed by atoms with Gasteiger partial charge in [0.25, 0.3) is 0 Å². The van der Waals surface area contributed by atoms with Crippen molar-refractivity contribution in [2.45, 2.75) is 45.6 Å². The first-order chi connectivity index (χ1) is 9.22. The smallest absolute Gasteiger partial charge is 0.306 e. The summed E-state index contributed by atoms with van der Waals surface area (Å²) in [4.78, 5) is 11.4. The van der Waals surface area contributed by atoms with Crippen molar-refractivity contribution in [3.63, 3.8) is 0 Å². The number of carbonyl (C=O) groups excluding carboxylic acids is 1. The highest BCUT2D eigenvalue weighted by atomic mass is 16.5. The van der Waals surface area contributed by atoms with Gasteiger partial charge in [-0.25, -0.2) is 0 Å². The van der Waals surface area contributed by atoms with Crippen LogP contribution in [0.1, 0.15) is 38.7 Å². The second-order valence-electron chi connectivity index (χ2n) is 4.84. The van der Waals surface area contributed by atoms with Gasteiger partial charge in [0.1, 0.15) is 6.10 Å². The van der Waals surface area contributed by atoms with E-state index in [1.54, 1.807) is 0 Å². The van der Waals surface area contributed by atoms with E-state index in [1.807, 2.05) is 25.1 Å². The van der Waals surface area contributed by atoms with E-state index in [0.29, 0.717) is 13.0 Å². The number of rotatable bonds is 9. The fraction of sp³-hybridized carbons (Fsp3) is 0.562. The molecular weight excluding hydrogens is 238 g/mol. The molecular formula is C16H25NO2. The maximum atomic E-state index is 11.4. The Morgan fingerprint density at radius 2 is 2.05 bits per heavy atom. The highest BCUT2D eigenvalue weighted by molar-refractivity contribution is 5.69. The first-order valence-electron chi connectivity index (χ1n) is 7.16. The highest BCUT2D eigenvalue weighted by Gasteiger charge is 2.08. The Kier molecular flexibility index (Phi) is 7.91. The first-order valence-corrected chi connectivity index (χ1v) is 7.16. The maximum absolute atomic E-state index is 11.4. The largest absolute Gasteiger partial charge is 0.461 e. The van der Waals surface area contributed by atoms with Crippen LogP contribution >= 0.6 is 0 Å². The van der Waals surface area contributed by atoms with E-state index in [4.69, 9.17) is 4.74 Å². The molecule has 0 amide bonds. The van der Waals surface area contributed by atoms with Crippen molar-refractivity contribution in [1.29, 1.82) is 0 Å². The van der Waals surface area contributed by atoms with E-state index in [-0.39, 0.29) is 12.1 Å². The lowest BCUT2D eigenvalue weighted by atomic mass is 10.1. The second kappa shape index (κ2) is 9.56. The zero-order chi connectivity index (χ0) is 13.9. The Hall–Kier alpha value is -1.35. The average Bonchev–Trinajstić information content (AvgIpc) is 2.42. The Bertz CT molecular complexity index is 351. The van der Waals surface area contributed by atoms with Gasteiger partial charge in [0.15, 0.2) is 0 Å². The molecule has 0 fully saturated rings. The maximum Gasteiger partial charge on any atom is 0.306 e. The number of carbonyl (C=O) groups is 1. The zero-order valence-electron chi connectivity index (χ0n) is 12.0. The van der Waals surface area contributed by atoms with Crippen molar-refractivity contribution in [3.05, 3.63) is 35.9 Å². The summed E-state index contributed by atoms with van der Waals surface area (Å²) in [5.41, 5.74) is 1.32. The fourth-order valence-electron chi connectivity index (χ4n) is 1.83. The Labute approximate surface area is 116 Å². The number of ether oxygens (including phenoxy) is 1. The van der Waals surface area contributed by atoms with Crippen molar-refractivity contribution < 1.29 is 9.53 Å². The molecule has 1 aromatic carbocycles. The minimum atomic E-state index is -0.0841. The van der Waals surface area contributed by atoms with Gasteiger partial charge in [0.05, 0.1) is 0 Å².